The second kappa shape index (κ2) is 9.35. The highest BCUT2D eigenvalue weighted by molar-refractivity contribution is 8.18. The fourth-order valence-electron chi connectivity index (χ4n) is 2.77. The van der Waals surface area contributed by atoms with Crippen LogP contribution in [-0.4, -0.2) is 53.8 Å². The summed E-state index contributed by atoms with van der Waals surface area (Å²) in [5.41, 5.74) is 1.05. The molecule has 0 spiro atoms. The third-order valence-electron chi connectivity index (χ3n) is 4.30. The second-order valence-corrected chi connectivity index (χ2v) is 7.31. The number of ether oxygens (including phenoxy) is 2. The zero-order valence-corrected chi connectivity index (χ0v) is 17.4. The van der Waals surface area contributed by atoms with Gasteiger partial charge in [0, 0.05) is 5.69 Å². The van der Waals surface area contributed by atoms with Crippen LogP contribution in [0.15, 0.2) is 47.4 Å². The van der Waals surface area contributed by atoms with Crippen molar-refractivity contribution in [3.63, 3.8) is 0 Å². The van der Waals surface area contributed by atoms with Gasteiger partial charge in [-0.15, -0.1) is 0 Å². The molecule has 1 saturated heterocycles. The predicted molar refractivity (Wildman–Crippen MR) is 114 cm³/mol. The highest BCUT2D eigenvalue weighted by atomic mass is 32.2. The zero-order valence-electron chi connectivity index (χ0n) is 16.6. The van der Waals surface area contributed by atoms with Crippen LogP contribution >= 0.6 is 11.8 Å². The number of carboxylic acids is 1. The second-order valence-electron chi connectivity index (χ2n) is 6.31. The van der Waals surface area contributed by atoms with E-state index in [-0.39, 0.29) is 10.5 Å². The third kappa shape index (κ3) is 5.04. The number of aromatic carboxylic acids is 1. The van der Waals surface area contributed by atoms with E-state index in [0.29, 0.717) is 22.7 Å². The van der Waals surface area contributed by atoms with E-state index in [1.807, 2.05) is 0 Å². The maximum atomic E-state index is 12.6. The highest BCUT2D eigenvalue weighted by Crippen LogP contribution is 2.34. The van der Waals surface area contributed by atoms with Crippen LogP contribution in [0.5, 0.6) is 11.5 Å². The quantitative estimate of drug-likeness (QED) is 0.628. The number of benzene rings is 2. The molecule has 0 aromatic heterocycles. The number of anilines is 1. The predicted octanol–water partition coefficient (Wildman–Crippen LogP) is 3.08. The SMILES string of the molecule is COc1ccc(/C=C2\SC(=O)N(CC(=O)Nc3ccc(C(=O)O)cc3)C2=O)cc1OC. The first-order chi connectivity index (χ1) is 14.8. The van der Waals surface area contributed by atoms with E-state index in [9.17, 15) is 19.2 Å². The van der Waals surface area contributed by atoms with Crippen LogP contribution in [0.1, 0.15) is 15.9 Å². The summed E-state index contributed by atoms with van der Waals surface area (Å²) in [6.07, 6.45) is 1.54. The molecule has 0 radical (unpaired) electrons. The molecule has 1 heterocycles. The van der Waals surface area contributed by atoms with Gasteiger partial charge in [-0.1, -0.05) is 6.07 Å². The summed E-state index contributed by atoms with van der Waals surface area (Å²) in [6, 6.07) is 10.6. The summed E-state index contributed by atoms with van der Waals surface area (Å²) in [6.45, 7) is -0.464. The van der Waals surface area contributed by atoms with Crippen molar-refractivity contribution in [3.05, 3.63) is 58.5 Å². The van der Waals surface area contributed by atoms with Gasteiger partial charge in [-0.2, -0.15) is 0 Å². The van der Waals surface area contributed by atoms with Crippen molar-refractivity contribution >= 4 is 46.5 Å². The first kappa shape index (κ1) is 21.9. The normalized spacial score (nSPS) is 14.6. The topological polar surface area (TPSA) is 122 Å². The van der Waals surface area contributed by atoms with Gasteiger partial charge in [-0.3, -0.25) is 19.3 Å². The lowest BCUT2D eigenvalue weighted by atomic mass is 10.2. The lowest BCUT2D eigenvalue weighted by Crippen LogP contribution is -2.36. The number of hydrogen-bond acceptors (Lipinski definition) is 7. The number of amides is 3. The standard InChI is InChI=1S/C21H18N2O7S/c1-29-15-8-3-12(9-16(15)30-2)10-17-19(25)23(21(28)31-17)11-18(24)22-14-6-4-13(5-7-14)20(26)27/h3-10H,11H2,1-2H3,(H,22,24)(H,26,27)/b17-10-. The van der Waals surface area contributed by atoms with Crippen molar-refractivity contribution in [2.75, 3.05) is 26.1 Å². The Kier molecular flexibility index (Phi) is 6.61. The maximum absolute atomic E-state index is 12.6. The maximum Gasteiger partial charge on any atom is 0.335 e. The van der Waals surface area contributed by atoms with Gasteiger partial charge in [-0.05, 0) is 59.8 Å². The van der Waals surface area contributed by atoms with E-state index in [2.05, 4.69) is 5.32 Å². The number of methoxy groups -OCH3 is 2. The van der Waals surface area contributed by atoms with Crippen molar-refractivity contribution in [3.8, 4) is 11.5 Å². The molecule has 2 aromatic rings. The molecule has 2 aromatic carbocycles. The summed E-state index contributed by atoms with van der Waals surface area (Å²) >= 11 is 0.735. The van der Waals surface area contributed by atoms with Crippen LogP contribution in [-0.2, 0) is 9.59 Å². The van der Waals surface area contributed by atoms with Gasteiger partial charge in [-0.25, -0.2) is 4.79 Å². The number of thioether (sulfide) groups is 1. The lowest BCUT2D eigenvalue weighted by molar-refractivity contribution is -0.127. The van der Waals surface area contributed by atoms with Gasteiger partial charge in [0.15, 0.2) is 11.5 Å². The first-order valence-electron chi connectivity index (χ1n) is 8.93. The van der Waals surface area contributed by atoms with Crippen molar-refractivity contribution in [1.29, 1.82) is 0 Å². The molecule has 160 valence electrons. The van der Waals surface area contributed by atoms with E-state index in [4.69, 9.17) is 14.6 Å². The number of carbonyl (C=O) groups is 4. The van der Waals surface area contributed by atoms with Gasteiger partial charge < -0.3 is 19.9 Å². The Labute approximate surface area is 181 Å². The van der Waals surface area contributed by atoms with E-state index < -0.39 is 29.6 Å². The largest absolute Gasteiger partial charge is 0.493 e. The van der Waals surface area contributed by atoms with Crippen molar-refractivity contribution in [1.82, 2.24) is 4.90 Å². The van der Waals surface area contributed by atoms with E-state index in [1.165, 1.54) is 44.6 Å². The summed E-state index contributed by atoms with van der Waals surface area (Å²) in [4.78, 5) is 49.0. The number of carboxylic acid groups (broad SMARTS) is 1. The number of imide groups is 1. The average Bonchev–Trinajstić information content (AvgIpc) is 3.01. The van der Waals surface area contributed by atoms with E-state index >= 15 is 0 Å². The monoisotopic (exact) mass is 442 g/mol. The summed E-state index contributed by atoms with van der Waals surface area (Å²) in [5, 5.41) is 10.9. The van der Waals surface area contributed by atoms with Crippen molar-refractivity contribution < 1.29 is 33.8 Å². The Hall–Kier alpha value is -3.79. The number of hydrogen-bond donors (Lipinski definition) is 2. The van der Waals surface area contributed by atoms with Gasteiger partial charge in [0.25, 0.3) is 11.1 Å². The minimum atomic E-state index is -1.09. The van der Waals surface area contributed by atoms with Gasteiger partial charge >= 0.3 is 5.97 Å². The van der Waals surface area contributed by atoms with Gasteiger partial charge in [0.1, 0.15) is 6.54 Å². The van der Waals surface area contributed by atoms with E-state index in [0.717, 1.165) is 16.7 Å². The van der Waals surface area contributed by atoms with Crippen LogP contribution in [0.4, 0.5) is 10.5 Å². The number of rotatable bonds is 7. The van der Waals surface area contributed by atoms with Crippen LogP contribution in [0.3, 0.4) is 0 Å². The fraction of sp³-hybridized carbons (Fsp3) is 0.143. The van der Waals surface area contributed by atoms with Gasteiger partial charge in [0.2, 0.25) is 5.91 Å². The van der Waals surface area contributed by atoms with Crippen molar-refractivity contribution in [2.45, 2.75) is 0 Å². The molecule has 0 aliphatic carbocycles. The number of nitrogens with zero attached hydrogens (tertiary/aromatic N) is 1. The number of nitrogens with one attached hydrogen (secondary N) is 1. The molecular formula is C21H18N2O7S. The molecule has 31 heavy (non-hydrogen) atoms. The molecule has 0 unspecified atom stereocenters. The zero-order chi connectivity index (χ0) is 22.5. The molecule has 1 aliphatic heterocycles. The van der Waals surface area contributed by atoms with Crippen LogP contribution in [0, 0.1) is 0 Å². The van der Waals surface area contributed by atoms with Crippen LogP contribution in [0.25, 0.3) is 6.08 Å². The molecular weight excluding hydrogens is 424 g/mol. The average molecular weight is 442 g/mol. The summed E-state index contributed by atoms with van der Waals surface area (Å²) in [5.74, 6) is -1.25. The van der Waals surface area contributed by atoms with Crippen LogP contribution in [0.2, 0.25) is 0 Å². The summed E-state index contributed by atoms with van der Waals surface area (Å²) in [7, 11) is 3.00. The Morgan fingerprint density at radius 2 is 1.74 bits per heavy atom. The fourth-order valence-corrected chi connectivity index (χ4v) is 3.61. The Bertz CT molecular complexity index is 1080. The Balaban J connectivity index is 1.69. The summed E-state index contributed by atoms with van der Waals surface area (Å²) < 4.78 is 10.4. The highest BCUT2D eigenvalue weighted by Gasteiger charge is 2.36. The molecule has 3 amide bonds. The van der Waals surface area contributed by atoms with Crippen molar-refractivity contribution in [2.24, 2.45) is 0 Å². The van der Waals surface area contributed by atoms with Crippen LogP contribution < -0.4 is 14.8 Å². The smallest absolute Gasteiger partial charge is 0.335 e. The molecule has 0 saturated carbocycles. The molecule has 9 nitrogen and oxygen atoms in total. The first-order valence-corrected chi connectivity index (χ1v) is 9.74. The van der Waals surface area contributed by atoms with E-state index in [1.54, 1.807) is 18.2 Å². The van der Waals surface area contributed by atoms with Gasteiger partial charge in [0.05, 0.1) is 24.7 Å². The molecule has 2 N–H and O–H groups in total. The molecule has 1 fully saturated rings. The molecule has 0 atom stereocenters. The minimum absolute atomic E-state index is 0.0734. The molecule has 10 heteroatoms. The lowest BCUT2D eigenvalue weighted by Gasteiger charge is -2.12. The molecule has 1 aliphatic rings. The Morgan fingerprint density at radius 1 is 1.06 bits per heavy atom. The Morgan fingerprint density at radius 3 is 2.35 bits per heavy atom. The molecule has 0 bridgehead atoms. The molecule has 3 rings (SSSR count). The third-order valence-corrected chi connectivity index (χ3v) is 5.20. The minimum Gasteiger partial charge on any atom is -0.493 e. The number of carbonyl (C=O) groups excluding carboxylic acids is 3.